The van der Waals surface area contributed by atoms with Crippen LogP contribution in [0.5, 0.6) is 0 Å². The highest BCUT2D eigenvalue weighted by molar-refractivity contribution is 6.30. The molecule has 1 aromatic carbocycles. The Bertz CT molecular complexity index is 604. The maximum Gasteiger partial charge on any atom is 0.401 e. The van der Waals surface area contributed by atoms with Crippen LogP contribution in [0, 0.1) is 0 Å². The summed E-state index contributed by atoms with van der Waals surface area (Å²) >= 11 is 5.97. The molecule has 1 saturated carbocycles. The number of amides is 1. The van der Waals surface area contributed by atoms with Crippen LogP contribution in [-0.2, 0) is 10.2 Å². The van der Waals surface area contributed by atoms with Crippen LogP contribution in [0.1, 0.15) is 31.2 Å². The van der Waals surface area contributed by atoms with Gasteiger partial charge < -0.3 is 4.90 Å². The number of benzene rings is 1. The highest BCUT2D eigenvalue weighted by Crippen LogP contribution is 2.43. The molecule has 138 valence electrons. The van der Waals surface area contributed by atoms with Gasteiger partial charge in [0.2, 0.25) is 5.91 Å². The third kappa shape index (κ3) is 4.11. The van der Waals surface area contributed by atoms with Gasteiger partial charge in [-0.3, -0.25) is 9.69 Å². The Balaban J connectivity index is 1.71. The molecule has 1 amide bonds. The number of rotatable bonds is 3. The molecule has 0 radical (unpaired) electrons. The van der Waals surface area contributed by atoms with E-state index in [0.29, 0.717) is 18.1 Å². The Morgan fingerprint density at radius 3 is 2.12 bits per heavy atom. The van der Waals surface area contributed by atoms with Crippen LogP contribution in [0.15, 0.2) is 24.3 Å². The number of carbonyl (C=O) groups is 1. The van der Waals surface area contributed by atoms with Crippen LogP contribution in [0.2, 0.25) is 5.02 Å². The zero-order valence-corrected chi connectivity index (χ0v) is 14.7. The number of halogens is 4. The van der Waals surface area contributed by atoms with E-state index in [0.717, 1.165) is 31.2 Å². The molecule has 2 aliphatic rings. The second-order valence-corrected chi connectivity index (χ2v) is 7.42. The van der Waals surface area contributed by atoms with Crippen molar-refractivity contribution in [2.75, 3.05) is 32.7 Å². The largest absolute Gasteiger partial charge is 0.401 e. The van der Waals surface area contributed by atoms with E-state index in [1.54, 1.807) is 17.0 Å². The van der Waals surface area contributed by atoms with Gasteiger partial charge in [-0.2, -0.15) is 13.2 Å². The molecule has 1 saturated heterocycles. The predicted octanol–water partition coefficient (Wildman–Crippen LogP) is 3.86. The molecule has 0 atom stereocenters. The second kappa shape index (κ2) is 7.16. The maximum absolute atomic E-state index is 13.3. The van der Waals surface area contributed by atoms with Crippen molar-refractivity contribution in [2.24, 2.45) is 0 Å². The Morgan fingerprint density at radius 1 is 1.04 bits per heavy atom. The van der Waals surface area contributed by atoms with Crippen molar-refractivity contribution in [3.63, 3.8) is 0 Å². The van der Waals surface area contributed by atoms with E-state index < -0.39 is 18.1 Å². The summed E-state index contributed by atoms with van der Waals surface area (Å²) in [6.45, 7) is 0.329. The lowest BCUT2D eigenvalue weighted by Gasteiger charge is -2.40. The fraction of sp³-hybridized carbons (Fsp3) is 0.611. The summed E-state index contributed by atoms with van der Waals surface area (Å²) < 4.78 is 37.6. The molecule has 1 aliphatic heterocycles. The van der Waals surface area contributed by atoms with Gasteiger partial charge >= 0.3 is 6.18 Å². The molecule has 1 heterocycles. The summed E-state index contributed by atoms with van der Waals surface area (Å²) in [6.07, 6.45) is -0.639. The molecule has 1 aliphatic carbocycles. The van der Waals surface area contributed by atoms with Crippen molar-refractivity contribution < 1.29 is 18.0 Å². The first kappa shape index (κ1) is 18.5. The minimum absolute atomic E-state index is 0.0546. The van der Waals surface area contributed by atoms with E-state index in [4.69, 9.17) is 11.6 Å². The molecular formula is C18H22ClF3N2O. The molecule has 2 fully saturated rings. The lowest BCUT2D eigenvalue weighted by Crippen LogP contribution is -2.55. The van der Waals surface area contributed by atoms with Gasteiger partial charge in [0.05, 0.1) is 12.0 Å². The van der Waals surface area contributed by atoms with E-state index in [9.17, 15) is 18.0 Å². The molecule has 0 bridgehead atoms. The zero-order valence-electron chi connectivity index (χ0n) is 14.0. The van der Waals surface area contributed by atoms with Crippen LogP contribution in [0.25, 0.3) is 0 Å². The fourth-order valence-corrected chi connectivity index (χ4v) is 4.16. The van der Waals surface area contributed by atoms with E-state index in [1.807, 2.05) is 12.1 Å². The molecule has 0 spiro atoms. The van der Waals surface area contributed by atoms with Crippen molar-refractivity contribution >= 4 is 17.5 Å². The van der Waals surface area contributed by atoms with Crippen LogP contribution < -0.4 is 0 Å². The van der Waals surface area contributed by atoms with E-state index in [1.165, 1.54) is 4.90 Å². The molecular weight excluding hydrogens is 353 g/mol. The van der Waals surface area contributed by atoms with Crippen LogP contribution in [0.4, 0.5) is 13.2 Å². The smallest absolute Gasteiger partial charge is 0.339 e. The summed E-state index contributed by atoms with van der Waals surface area (Å²) in [5.41, 5.74) is 0.425. The fourth-order valence-electron chi connectivity index (χ4n) is 4.04. The average molecular weight is 375 g/mol. The van der Waals surface area contributed by atoms with E-state index in [-0.39, 0.29) is 19.0 Å². The van der Waals surface area contributed by atoms with Crippen molar-refractivity contribution in [2.45, 2.75) is 37.3 Å². The van der Waals surface area contributed by atoms with Gasteiger partial charge in [0.15, 0.2) is 0 Å². The third-order valence-corrected chi connectivity index (χ3v) is 5.58. The standard InChI is InChI=1S/C18H22ClF3N2O/c19-15-5-3-14(4-6-15)17(7-1-2-8-17)16(25)24-11-9-23(10-12-24)13-18(20,21)22/h3-6H,1-2,7-13H2. The first-order chi connectivity index (χ1) is 11.8. The third-order valence-electron chi connectivity index (χ3n) is 5.33. The number of piperazine rings is 1. The zero-order chi connectivity index (χ0) is 18.1. The quantitative estimate of drug-likeness (QED) is 0.802. The molecule has 3 rings (SSSR count). The van der Waals surface area contributed by atoms with Gasteiger partial charge in [-0.05, 0) is 30.5 Å². The Morgan fingerprint density at radius 2 is 1.60 bits per heavy atom. The summed E-state index contributed by atoms with van der Waals surface area (Å²) in [5, 5.41) is 0.630. The topological polar surface area (TPSA) is 23.6 Å². The second-order valence-electron chi connectivity index (χ2n) is 6.98. The lowest BCUT2D eigenvalue weighted by molar-refractivity contribution is -0.153. The molecule has 7 heteroatoms. The predicted molar refractivity (Wildman–Crippen MR) is 90.7 cm³/mol. The van der Waals surface area contributed by atoms with Crippen molar-refractivity contribution in [1.29, 1.82) is 0 Å². The average Bonchev–Trinajstić information content (AvgIpc) is 3.05. The molecule has 1 aromatic rings. The van der Waals surface area contributed by atoms with E-state index >= 15 is 0 Å². The Hall–Kier alpha value is -1.27. The lowest BCUT2D eigenvalue weighted by atomic mass is 9.77. The van der Waals surface area contributed by atoms with Crippen molar-refractivity contribution in [3.8, 4) is 0 Å². The normalized spacial score (nSPS) is 21.5. The molecule has 0 unspecified atom stereocenters. The van der Waals surface area contributed by atoms with Gasteiger partial charge in [-0.25, -0.2) is 0 Å². The number of nitrogens with zero attached hydrogens (tertiary/aromatic N) is 2. The van der Waals surface area contributed by atoms with E-state index in [2.05, 4.69) is 0 Å². The van der Waals surface area contributed by atoms with Gasteiger partial charge in [-0.1, -0.05) is 36.6 Å². The minimum Gasteiger partial charge on any atom is -0.339 e. The molecule has 3 nitrogen and oxygen atoms in total. The van der Waals surface area contributed by atoms with Crippen LogP contribution >= 0.6 is 11.6 Å². The van der Waals surface area contributed by atoms with Gasteiger partial charge in [0.25, 0.3) is 0 Å². The Labute approximate surface area is 150 Å². The van der Waals surface area contributed by atoms with Crippen LogP contribution in [-0.4, -0.2) is 54.6 Å². The minimum atomic E-state index is -4.19. The van der Waals surface area contributed by atoms with Gasteiger partial charge in [-0.15, -0.1) is 0 Å². The SMILES string of the molecule is O=C(N1CCN(CC(F)(F)F)CC1)C1(c2ccc(Cl)cc2)CCCC1. The summed E-state index contributed by atoms with van der Waals surface area (Å²) in [6, 6.07) is 7.41. The van der Waals surface area contributed by atoms with Crippen LogP contribution in [0.3, 0.4) is 0 Å². The monoisotopic (exact) mass is 374 g/mol. The highest BCUT2D eigenvalue weighted by atomic mass is 35.5. The van der Waals surface area contributed by atoms with Gasteiger partial charge in [0.1, 0.15) is 0 Å². The maximum atomic E-state index is 13.3. The Kier molecular flexibility index (Phi) is 5.30. The number of alkyl halides is 3. The number of hydrogen-bond donors (Lipinski definition) is 0. The molecule has 0 N–H and O–H groups in total. The first-order valence-electron chi connectivity index (χ1n) is 8.65. The number of hydrogen-bond acceptors (Lipinski definition) is 2. The highest BCUT2D eigenvalue weighted by Gasteiger charge is 2.45. The number of carbonyl (C=O) groups excluding carboxylic acids is 1. The van der Waals surface area contributed by atoms with Crippen molar-refractivity contribution in [1.82, 2.24) is 9.80 Å². The van der Waals surface area contributed by atoms with Crippen molar-refractivity contribution in [3.05, 3.63) is 34.9 Å². The summed E-state index contributed by atoms with van der Waals surface area (Å²) in [7, 11) is 0. The summed E-state index contributed by atoms with van der Waals surface area (Å²) in [5.74, 6) is 0.0546. The van der Waals surface area contributed by atoms with Gasteiger partial charge in [0, 0.05) is 31.2 Å². The summed E-state index contributed by atoms with van der Waals surface area (Å²) in [4.78, 5) is 16.4. The molecule has 0 aromatic heterocycles. The molecule has 25 heavy (non-hydrogen) atoms. The first-order valence-corrected chi connectivity index (χ1v) is 9.02.